The first kappa shape index (κ1) is 12.2. The highest BCUT2D eigenvalue weighted by Crippen LogP contribution is 2.19. The lowest BCUT2D eigenvalue weighted by atomic mass is 10.1. The number of carbonyl (C=O) groups is 2. The van der Waals surface area contributed by atoms with Gasteiger partial charge in [-0.2, -0.15) is 0 Å². The smallest absolute Gasteiger partial charge is 0.320 e. The van der Waals surface area contributed by atoms with Crippen molar-refractivity contribution in [2.24, 2.45) is 5.92 Å². The Morgan fingerprint density at radius 3 is 2.12 bits per heavy atom. The van der Waals surface area contributed by atoms with Gasteiger partial charge in [-0.05, 0) is 19.3 Å². The largest absolute Gasteiger partial charge is 0.481 e. The predicted molar refractivity (Wildman–Crippen MR) is 62.8 cm³/mol. The van der Waals surface area contributed by atoms with Crippen molar-refractivity contribution in [3.05, 3.63) is 0 Å². The number of carbonyl (C=O) groups excluding carboxylic acids is 1. The van der Waals surface area contributed by atoms with Crippen LogP contribution in [0.2, 0.25) is 0 Å². The summed E-state index contributed by atoms with van der Waals surface area (Å²) < 4.78 is 0. The highest BCUT2D eigenvalue weighted by atomic mass is 16.4. The molecule has 2 amide bonds. The van der Waals surface area contributed by atoms with E-state index in [-0.39, 0.29) is 11.9 Å². The fourth-order valence-corrected chi connectivity index (χ4v) is 2.60. The lowest BCUT2D eigenvalue weighted by Crippen LogP contribution is -2.42. The Kier molecular flexibility index (Phi) is 3.86. The van der Waals surface area contributed by atoms with Gasteiger partial charge >= 0.3 is 12.0 Å². The number of carboxylic acid groups (broad SMARTS) is 1. The molecule has 0 aliphatic carbocycles. The van der Waals surface area contributed by atoms with Crippen molar-refractivity contribution < 1.29 is 14.7 Å². The highest BCUT2D eigenvalue weighted by molar-refractivity contribution is 5.77. The molecule has 0 aromatic rings. The van der Waals surface area contributed by atoms with Gasteiger partial charge in [-0.1, -0.05) is 12.8 Å². The molecule has 1 N–H and O–H groups in total. The van der Waals surface area contributed by atoms with E-state index < -0.39 is 5.97 Å². The Balaban J connectivity index is 1.89. The van der Waals surface area contributed by atoms with Crippen LogP contribution in [-0.2, 0) is 4.79 Å². The Morgan fingerprint density at radius 2 is 1.59 bits per heavy atom. The Hall–Kier alpha value is -1.26. The molecule has 2 heterocycles. The third-order valence-corrected chi connectivity index (χ3v) is 3.68. The first-order valence-electron chi connectivity index (χ1n) is 6.45. The maximum absolute atomic E-state index is 12.2. The van der Waals surface area contributed by atoms with Gasteiger partial charge in [0.1, 0.15) is 0 Å². The standard InChI is InChI=1S/C12H20N2O3/c15-11(16)10-5-8-14(9-10)12(17)13-6-3-1-2-4-7-13/h10H,1-9H2,(H,15,16). The van der Waals surface area contributed by atoms with Crippen molar-refractivity contribution >= 4 is 12.0 Å². The van der Waals surface area contributed by atoms with Crippen LogP contribution in [0, 0.1) is 5.92 Å². The first-order chi connectivity index (χ1) is 8.18. The molecule has 96 valence electrons. The minimum absolute atomic E-state index is 0.0376. The lowest BCUT2D eigenvalue weighted by Gasteiger charge is -2.26. The molecule has 0 saturated carbocycles. The van der Waals surface area contributed by atoms with Crippen LogP contribution in [0.25, 0.3) is 0 Å². The molecule has 2 aliphatic rings. The molecule has 5 nitrogen and oxygen atoms in total. The van der Waals surface area contributed by atoms with E-state index in [2.05, 4.69) is 0 Å². The molecule has 0 aromatic carbocycles. The van der Waals surface area contributed by atoms with Gasteiger partial charge in [-0.15, -0.1) is 0 Å². The third kappa shape index (κ3) is 2.90. The second kappa shape index (κ2) is 5.38. The van der Waals surface area contributed by atoms with Gasteiger partial charge in [0.15, 0.2) is 0 Å². The molecule has 0 radical (unpaired) electrons. The van der Waals surface area contributed by atoms with Crippen LogP contribution in [0.15, 0.2) is 0 Å². The van der Waals surface area contributed by atoms with E-state index in [1.807, 2.05) is 4.90 Å². The monoisotopic (exact) mass is 240 g/mol. The molecule has 5 heteroatoms. The fraction of sp³-hybridized carbons (Fsp3) is 0.833. The van der Waals surface area contributed by atoms with E-state index in [4.69, 9.17) is 5.11 Å². The average molecular weight is 240 g/mol. The van der Waals surface area contributed by atoms with Gasteiger partial charge in [0.05, 0.1) is 5.92 Å². The Bertz CT molecular complexity index is 298. The summed E-state index contributed by atoms with van der Waals surface area (Å²) in [5, 5.41) is 8.92. The molecular weight excluding hydrogens is 220 g/mol. The minimum Gasteiger partial charge on any atom is -0.481 e. The van der Waals surface area contributed by atoms with Gasteiger partial charge < -0.3 is 14.9 Å². The second-order valence-corrected chi connectivity index (χ2v) is 4.95. The van der Waals surface area contributed by atoms with E-state index in [1.54, 1.807) is 4.90 Å². The minimum atomic E-state index is -0.781. The topological polar surface area (TPSA) is 60.9 Å². The van der Waals surface area contributed by atoms with E-state index >= 15 is 0 Å². The maximum Gasteiger partial charge on any atom is 0.320 e. The van der Waals surface area contributed by atoms with Gasteiger partial charge in [0, 0.05) is 26.2 Å². The van der Waals surface area contributed by atoms with Crippen LogP contribution in [0.5, 0.6) is 0 Å². The molecule has 0 bridgehead atoms. The molecule has 1 atom stereocenters. The summed E-state index contributed by atoms with van der Waals surface area (Å²) in [5.74, 6) is -1.15. The van der Waals surface area contributed by atoms with Gasteiger partial charge in [0.25, 0.3) is 0 Å². The fourth-order valence-electron chi connectivity index (χ4n) is 2.60. The van der Waals surface area contributed by atoms with Crippen LogP contribution in [0.4, 0.5) is 4.79 Å². The number of nitrogens with zero attached hydrogens (tertiary/aromatic N) is 2. The summed E-state index contributed by atoms with van der Waals surface area (Å²) in [6, 6.07) is 0.0376. The molecule has 17 heavy (non-hydrogen) atoms. The quantitative estimate of drug-likeness (QED) is 0.753. The molecular formula is C12H20N2O3. The Labute approximate surface area is 101 Å². The van der Waals surface area contributed by atoms with Crippen molar-refractivity contribution in [2.45, 2.75) is 32.1 Å². The zero-order valence-corrected chi connectivity index (χ0v) is 10.1. The SMILES string of the molecule is O=C(O)C1CCN(C(=O)N2CCCCCC2)C1. The normalized spacial score (nSPS) is 25.8. The summed E-state index contributed by atoms with van der Waals surface area (Å²) in [5.41, 5.74) is 0. The number of amides is 2. The highest BCUT2D eigenvalue weighted by Gasteiger charge is 2.32. The summed E-state index contributed by atoms with van der Waals surface area (Å²) in [4.78, 5) is 26.6. The van der Waals surface area contributed by atoms with Crippen LogP contribution in [-0.4, -0.2) is 53.1 Å². The van der Waals surface area contributed by atoms with Gasteiger partial charge in [0.2, 0.25) is 0 Å². The lowest BCUT2D eigenvalue weighted by molar-refractivity contribution is -0.141. The average Bonchev–Trinajstić information content (AvgIpc) is 2.65. The molecule has 2 fully saturated rings. The first-order valence-corrected chi connectivity index (χ1v) is 6.45. The summed E-state index contributed by atoms with van der Waals surface area (Å²) >= 11 is 0. The Morgan fingerprint density at radius 1 is 0.941 bits per heavy atom. The van der Waals surface area contributed by atoms with Crippen LogP contribution >= 0.6 is 0 Å². The van der Waals surface area contributed by atoms with Crippen LogP contribution < -0.4 is 0 Å². The zero-order chi connectivity index (χ0) is 12.3. The second-order valence-electron chi connectivity index (χ2n) is 4.95. The number of aliphatic carboxylic acids is 1. The van der Waals surface area contributed by atoms with Gasteiger partial charge in [-0.25, -0.2) is 4.79 Å². The van der Waals surface area contributed by atoms with Crippen LogP contribution in [0.1, 0.15) is 32.1 Å². The molecule has 2 aliphatic heterocycles. The van der Waals surface area contributed by atoms with E-state index in [1.165, 1.54) is 12.8 Å². The van der Waals surface area contributed by atoms with Crippen molar-refractivity contribution in [3.8, 4) is 0 Å². The molecule has 0 aromatic heterocycles. The van der Waals surface area contributed by atoms with Crippen LogP contribution in [0.3, 0.4) is 0 Å². The summed E-state index contributed by atoms with van der Waals surface area (Å²) in [7, 11) is 0. The maximum atomic E-state index is 12.2. The van der Waals surface area contributed by atoms with Crippen molar-refractivity contribution in [1.82, 2.24) is 9.80 Å². The number of carboxylic acids is 1. The third-order valence-electron chi connectivity index (χ3n) is 3.68. The number of urea groups is 1. The molecule has 0 spiro atoms. The van der Waals surface area contributed by atoms with E-state index in [0.29, 0.717) is 19.5 Å². The van der Waals surface area contributed by atoms with Crippen molar-refractivity contribution in [3.63, 3.8) is 0 Å². The summed E-state index contributed by atoms with van der Waals surface area (Å²) in [6.07, 6.45) is 5.13. The molecule has 2 saturated heterocycles. The van der Waals surface area contributed by atoms with Gasteiger partial charge in [-0.3, -0.25) is 4.79 Å². The molecule has 1 unspecified atom stereocenters. The number of hydrogen-bond acceptors (Lipinski definition) is 2. The van der Waals surface area contributed by atoms with E-state index in [9.17, 15) is 9.59 Å². The molecule has 2 rings (SSSR count). The van der Waals surface area contributed by atoms with Crippen molar-refractivity contribution in [1.29, 1.82) is 0 Å². The predicted octanol–water partition coefficient (Wildman–Crippen LogP) is 1.39. The summed E-state index contributed by atoms with van der Waals surface area (Å²) in [6.45, 7) is 2.62. The zero-order valence-electron chi connectivity index (χ0n) is 10.1. The van der Waals surface area contributed by atoms with E-state index in [0.717, 1.165) is 25.9 Å². The number of likely N-dealkylation sites (tertiary alicyclic amines) is 2. The van der Waals surface area contributed by atoms with Crippen molar-refractivity contribution in [2.75, 3.05) is 26.2 Å². The number of rotatable bonds is 1. The number of hydrogen-bond donors (Lipinski definition) is 1.